The Morgan fingerprint density at radius 1 is 1.20 bits per heavy atom. The van der Waals surface area contributed by atoms with Crippen molar-refractivity contribution < 1.29 is 13.6 Å². The number of amides is 1. The lowest BCUT2D eigenvalue weighted by molar-refractivity contribution is -0.115. The van der Waals surface area contributed by atoms with Gasteiger partial charge in [0.25, 0.3) is 0 Å². The Bertz CT molecular complexity index is 608. The van der Waals surface area contributed by atoms with Crippen molar-refractivity contribution in [3.63, 3.8) is 0 Å². The molecule has 0 aliphatic heterocycles. The average molecular weight is 361 g/mol. The number of halogens is 4. The van der Waals surface area contributed by atoms with E-state index in [0.29, 0.717) is 15.2 Å². The zero-order valence-corrected chi connectivity index (χ0v) is 12.4. The number of rotatable bonds is 3. The molecule has 0 aliphatic rings. The monoisotopic (exact) mass is 359 g/mol. The van der Waals surface area contributed by atoms with Crippen molar-refractivity contribution in [2.24, 2.45) is 0 Å². The third-order valence-corrected chi connectivity index (χ3v) is 3.46. The quantitative estimate of drug-likeness (QED) is 0.854. The maximum absolute atomic E-state index is 13.4. The highest BCUT2D eigenvalue weighted by Gasteiger charge is 2.11. The van der Waals surface area contributed by atoms with Gasteiger partial charge in [0.1, 0.15) is 11.6 Å². The summed E-state index contributed by atoms with van der Waals surface area (Å²) >= 11 is 9.05. The molecule has 0 spiro atoms. The second-order valence-corrected chi connectivity index (χ2v) is 5.38. The largest absolute Gasteiger partial charge is 0.325 e. The molecule has 20 heavy (non-hydrogen) atoms. The van der Waals surface area contributed by atoms with Crippen LogP contribution in [0.4, 0.5) is 14.5 Å². The molecule has 1 N–H and O–H groups in total. The Kier molecular flexibility index (Phi) is 4.73. The van der Waals surface area contributed by atoms with E-state index >= 15 is 0 Å². The van der Waals surface area contributed by atoms with E-state index in [1.165, 1.54) is 6.07 Å². The maximum Gasteiger partial charge on any atom is 0.228 e. The van der Waals surface area contributed by atoms with Gasteiger partial charge in [0.15, 0.2) is 0 Å². The maximum atomic E-state index is 13.4. The van der Waals surface area contributed by atoms with E-state index < -0.39 is 17.5 Å². The van der Waals surface area contributed by atoms with Crippen molar-refractivity contribution >= 4 is 39.1 Å². The van der Waals surface area contributed by atoms with Crippen LogP contribution in [-0.4, -0.2) is 5.91 Å². The summed E-state index contributed by atoms with van der Waals surface area (Å²) in [5.74, 6) is -1.82. The zero-order chi connectivity index (χ0) is 14.7. The van der Waals surface area contributed by atoms with E-state index in [9.17, 15) is 13.6 Å². The van der Waals surface area contributed by atoms with Gasteiger partial charge in [-0.05, 0) is 45.8 Å². The molecule has 1 amide bonds. The van der Waals surface area contributed by atoms with Gasteiger partial charge in [0, 0.05) is 15.6 Å². The number of anilines is 1. The van der Waals surface area contributed by atoms with Crippen molar-refractivity contribution in [3.8, 4) is 0 Å². The molecule has 104 valence electrons. The molecule has 0 bridgehead atoms. The van der Waals surface area contributed by atoms with E-state index in [1.807, 2.05) is 0 Å². The number of carbonyl (C=O) groups is 1. The van der Waals surface area contributed by atoms with Crippen LogP contribution >= 0.6 is 27.5 Å². The van der Waals surface area contributed by atoms with E-state index in [4.69, 9.17) is 11.6 Å². The lowest BCUT2D eigenvalue weighted by Gasteiger charge is -2.08. The van der Waals surface area contributed by atoms with Crippen LogP contribution in [0.5, 0.6) is 0 Å². The van der Waals surface area contributed by atoms with Crippen molar-refractivity contribution in [2.75, 3.05) is 5.32 Å². The molecule has 2 rings (SSSR count). The fourth-order valence-electron chi connectivity index (χ4n) is 1.62. The SMILES string of the molecule is O=C(Cc1ccc(F)cc1F)Nc1ccc(Cl)cc1Br. The summed E-state index contributed by atoms with van der Waals surface area (Å²) in [6.45, 7) is 0. The van der Waals surface area contributed by atoms with Crippen molar-refractivity contribution in [1.29, 1.82) is 0 Å². The highest BCUT2D eigenvalue weighted by atomic mass is 79.9. The third kappa shape index (κ3) is 3.77. The van der Waals surface area contributed by atoms with Crippen LogP contribution in [0.1, 0.15) is 5.56 Å². The first kappa shape index (κ1) is 14.9. The van der Waals surface area contributed by atoms with Crippen LogP contribution in [0.2, 0.25) is 5.02 Å². The minimum absolute atomic E-state index is 0.133. The standard InChI is InChI=1S/C14H9BrClF2NO/c15-11-6-9(16)2-4-13(11)19-14(20)5-8-1-3-10(17)7-12(8)18/h1-4,6-7H,5H2,(H,19,20). The minimum atomic E-state index is -0.740. The number of carbonyl (C=O) groups excluding carboxylic acids is 1. The average Bonchev–Trinajstić information content (AvgIpc) is 2.36. The molecule has 0 aliphatic carbocycles. The second kappa shape index (κ2) is 6.33. The van der Waals surface area contributed by atoms with Gasteiger partial charge in [0.2, 0.25) is 5.91 Å². The predicted octanol–water partition coefficient (Wildman–Crippen LogP) is 4.56. The van der Waals surface area contributed by atoms with Gasteiger partial charge in [-0.3, -0.25) is 4.79 Å². The van der Waals surface area contributed by atoms with Gasteiger partial charge in [-0.25, -0.2) is 8.78 Å². The van der Waals surface area contributed by atoms with E-state index in [-0.39, 0.29) is 12.0 Å². The van der Waals surface area contributed by atoms with Crippen molar-refractivity contribution in [1.82, 2.24) is 0 Å². The summed E-state index contributed by atoms with van der Waals surface area (Å²) in [6, 6.07) is 8.01. The number of hydrogen-bond acceptors (Lipinski definition) is 1. The molecule has 6 heteroatoms. The summed E-state index contributed by atoms with van der Waals surface area (Å²) in [5, 5.41) is 3.15. The Morgan fingerprint density at radius 3 is 2.60 bits per heavy atom. The minimum Gasteiger partial charge on any atom is -0.325 e. The molecule has 2 aromatic rings. The summed E-state index contributed by atoms with van der Waals surface area (Å²) in [6.07, 6.45) is -0.179. The number of benzene rings is 2. The van der Waals surface area contributed by atoms with E-state index in [1.54, 1.807) is 18.2 Å². The van der Waals surface area contributed by atoms with Crippen molar-refractivity contribution in [2.45, 2.75) is 6.42 Å². The first-order chi connectivity index (χ1) is 9.45. The summed E-state index contributed by atoms with van der Waals surface area (Å²) in [4.78, 5) is 11.8. The lowest BCUT2D eigenvalue weighted by atomic mass is 10.1. The molecular weight excluding hydrogens is 352 g/mol. The molecular formula is C14H9BrClF2NO. The Morgan fingerprint density at radius 2 is 1.95 bits per heavy atom. The molecule has 0 saturated heterocycles. The fourth-order valence-corrected chi connectivity index (χ4v) is 2.41. The second-order valence-electron chi connectivity index (χ2n) is 4.08. The van der Waals surface area contributed by atoms with Crippen molar-refractivity contribution in [3.05, 3.63) is 63.1 Å². The molecule has 0 saturated carbocycles. The van der Waals surface area contributed by atoms with E-state index in [2.05, 4.69) is 21.2 Å². The van der Waals surface area contributed by atoms with Gasteiger partial charge in [-0.2, -0.15) is 0 Å². The smallest absolute Gasteiger partial charge is 0.228 e. The van der Waals surface area contributed by atoms with Crippen LogP contribution in [-0.2, 0) is 11.2 Å². The van der Waals surface area contributed by atoms with Crippen LogP contribution in [0.15, 0.2) is 40.9 Å². The van der Waals surface area contributed by atoms with Gasteiger partial charge in [-0.1, -0.05) is 17.7 Å². The Labute approximate surface area is 127 Å². The lowest BCUT2D eigenvalue weighted by Crippen LogP contribution is -2.15. The Hall–Kier alpha value is -1.46. The van der Waals surface area contributed by atoms with Gasteiger partial charge in [-0.15, -0.1) is 0 Å². The first-order valence-corrected chi connectivity index (χ1v) is 6.81. The van der Waals surface area contributed by atoms with Crippen LogP contribution in [0, 0.1) is 11.6 Å². The summed E-state index contributed by atoms with van der Waals surface area (Å²) in [7, 11) is 0. The molecule has 0 radical (unpaired) electrons. The zero-order valence-electron chi connectivity index (χ0n) is 10.1. The molecule has 0 unspecified atom stereocenters. The molecule has 0 fully saturated rings. The van der Waals surface area contributed by atoms with Crippen LogP contribution < -0.4 is 5.32 Å². The Balaban J connectivity index is 2.09. The first-order valence-electron chi connectivity index (χ1n) is 5.64. The van der Waals surface area contributed by atoms with Gasteiger partial charge in [0.05, 0.1) is 12.1 Å². The molecule has 0 heterocycles. The summed E-state index contributed by atoms with van der Waals surface area (Å²) in [5.41, 5.74) is 0.663. The predicted molar refractivity (Wildman–Crippen MR) is 77.8 cm³/mol. The fraction of sp³-hybridized carbons (Fsp3) is 0.0714. The van der Waals surface area contributed by atoms with E-state index in [0.717, 1.165) is 12.1 Å². The third-order valence-electron chi connectivity index (χ3n) is 2.57. The molecule has 2 nitrogen and oxygen atoms in total. The molecule has 0 atom stereocenters. The highest BCUT2D eigenvalue weighted by Crippen LogP contribution is 2.26. The van der Waals surface area contributed by atoms with Gasteiger partial charge < -0.3 is 5.32 Å². The van der Waals surface area contributed by atoms with Gasteiger partial charge >= 0.3 is 0 Å². The molecule has 0 aromatic heterocycles. The number of hydrogen-bond donors (Lipinski definition) is 1. The normalized spacial score (nSPS) is 10.4. The summed E-state index contributed by atoms with van der Waals surface area (Å²) < 4.78 is 26.8. The van der Waals surface area contributed by atoms with Crippen LogP contribution in [0.3, 0.4) is 0 Å². The number of nitrogens with one attached hydrogen (secondary N) is 1. The molecule has 2 aromatic carbocycles. The highest BCUT2D eigenvalue weighted by molar-refractivity contribution is 9.10. The van der Waals surface area contributed by atoms with Crippen LogP contribution in [0.25, 0.3) is 0 Å². The topological polar surface area (TPSA) is 29.1 Å².